The highest BCUT2D eigenvalue weighted by Gasteiger charge is 2.43. The van der Waals surface area contributed by atoms with Gasteiger partial charge < -0.3 is 8.85 Å². The van der Waals surface area contributed by atoms with Gasteiger partial charge in [-0.05, 0) is 46.4 Å². The molecule has 4 aromatic rings. The SMILES string of the molecule is C=C[Si](OC1CCCC(O[Si](C=C)(c2ccccc2)c2ccccc2)C1)(c1ccccc1)c1ccccc1. The van der Waals surface area contributed by atoms with E-state index >= 15 is 0 Å². The molecule has 1 aliphatic carbocycles. The van der Waals surface area contributed by atoms with Crippen molar-refractivity contribution in [3.05, 3.63) is 146 Å². The maximum atomic E-state index is 7.22. The van der Waals surface area contributed by atoms with Crippen molar-refractivity contribution >= 4 is 37.4 Å². The molecule has 0 radical (unpaired) electrons. The highest BCUT2D eigenvalue weighted by Crippen LogP contribution is 2.29. The fraction of sp³-hybridized carbons (Fsp3) is 0.176. The fourth-order valence-electron chi connectivity index (χ4n) is 5.76. The summed E-state index contributed by atoms with van der Waals surface area (Å²) in [6.45, 7) is 8.64. The van der Waals surface area contributed by atoms with Crippen LogP contribution in [-0.2, 0) is 8.85 Å². The Morgan fingerprint density at radius 3 is 1.05 bits per heavy atom. The largest absolute Gasteiger partial charge is 0.401 e. The molecule has 4 aromatic carbocycles. The van der Waals surface area contributed by atoms with Crippen LogP contribution < -0.4 is 20.7 Å². The molecule has 1 aliphatic rings. The summed E-state index contributed by atoms with van der Waals surface area (Å²) in [6, 6.07) is 42.6. The van der Waals surface area contributed by atoms with Crippen LogP contribution in [0.1, 0.15) is 25.7 Å². The molecule has 5 rings (SSSR count). The summed E-state index contributed by atoms with van der Waals surface area (Å²) >= 11 is 0. The van der Waals surface area contributed by atoms with Crippen molar-refractivity contribution in [3.8, 4) is 0 Å². The van der Waals surface area contributed by atoms with Gasteiger partial charge in [-0.15, -0.1) is 13.2 Å². The third kappa shape index (κ3) is 5.31. The summed E-state index contributed by atoms with van der Waals surface area (Å²) in [4.78, 5) is 0. The van der Waals surface area contributed by atoms with E-state index in [1.165, 1.54) is 20.7 Å². The molecule has 0 N–H and O–H groups in total. The summed E-state index contributed by atoms with van der Waals surface area (Å²) < 4.78 is 14.4. The molecule has 0 aliphatic heterocycles. The van der Waals surface area contributed by atoms with Gasteiger partial charge >= 0.3 is 0 Å². The molecule has 0 heterocycles. The second-order valence-corrected chi connectivity index (χ2v) is 16.5. The van der Waals surface area contributed by atoms with Crippen LogP contribution in [0.4, 0.5) is 0 Å². The summed E-state index contributed by atoms with van der Waals surface area (Å²) in [5.41, 5.74) is 4.19. The Hall–Kier alpha value is -3.29. The van der Waals surface area contributed by atoms with Crippen molar-refractivity contribution in [2.75, 3.05) is 0 Å². The Labute approximate surface area is 229 Å². The van der Waals surface area contributed by atoms with Gasteiger partial charge in [0.1, 0.15) is 0 Å². The zero-order valence-electron chi connectivity index (χ0n) is 21.9. The Morgan fingerprint density at radius 2 is 0.789 bits per heavy atom. The van der Waals surface area contributed by atoms with Crippen LogP contribution in [0.25, 0.3) is 0 Å². The minimum absolute atomic E-state index is 0.0990. The summed E-state index contributed by atoms with van der Waals surface area (Å²) in [5, 5.41) is 4.92. The van der Waals surface area contributed by atoms with Crippen LogP contribution in [0.5, 0.6) is 0 Å². The van der Waals surface area contributed by atoms with Gasteiger partial charge in [-0.3, -0.25) is 0 Å². The van der Waals surface area contributed by atoms with Crippen molar-refractivity contribution in [3.63, 3.8) is 0 Å². The first-order valence-corrected chi connectivity index (χ1v) is 17.5. The lowest BCUT2D eigenvalue weighted by atomic mass is 9.95. The van der Waals surface area contributed by atoms with E-state index in [-0.39, 0.29) is 12.2 Å². The summed E-state index contributed by atoms with van der Waals surface area (Å²) in [6.07, 6.45) is 4.20. The lowest BCUT2D eigenvalue weighted by molar-refractivity contribution is 0.0655. The molecule has 0 amide bonds. The quantitative estimate of drug-likeness (QED) is 0.258. The first kappa shape index (κ1) is 26.3. The maximum absolute atomic E-state index is 7.22. The zero-order valence-corrected chi connectivity index (χ0v) is 23.9. The highest BCUT2D eigenvalue weighted by molar-refractivity contribution is 7.01. The van der Waals surface area contributed by atoms with Crippen molar-refractivity contribution in [2.24, 2.45) is 0 Å². The molecule has 0 aromatic heterocycles. The Kier molecular flexibility index (Phi) is 8.35. The average Bonchev–Trinajstić information content (AvgIpc) is 3.01. The lowest BCUT2D eigenvalue weighted by Gasteiger charge is -2.40. The topological polar surface area (TPSA) is 18.5 Å². The van der Waals surface area contributed by atoms with E-state index in [1.807, 2.05) is 0 Å². The molecule has 2 unspecified atom stereocenters. The number of hydrogen-bond acceptors (Lipinski definition) is 2. The number of rotatable bonds is 10. The zero-order chi connectivity index (χ0) is 26.3. The lowest BCUT2D eigenvalue weighted by Crippen LogP contribution is -2.63. The standard InChI is InChI=1S/C34H36O2Si2/c1-3-37(31-20-9-5-10-21-31,32-22-11-6-12-23-32)35-29-18-17-19-30(28-29)36-38(4-2,33-24-13-7-14-25-33)34-26-15-8-16-27-34/h3-16,20-27,29-30H,1-2,17-19,28H2. The van der Waals surface area contributed by atoms with Crippen molar-refractivity contribution < 1.29 is 8.85 Å². The van der Waals surface area contributed by atoms with E-state index in [4.69, 9.17) is 8.85 Å². The molecular formula is C34H36O2Si2. The minimum atomic E-state index is -2.63. The molecule has 0 saturated heterocycles. The monoisotopic (exact) mass is 532 g/mol. The van der Waals surface area contributed by atoms with Crippen LogP contribution >= 0.6 is 0 Å². The van der Waals surface area contributed by atoms with Crippen LogP contribution in [0, 0.1) is 0 Å². The van der Waals surface area contributed by atoms with E-state index in [0.29, 0.717) is 0 Å². The molecule has 192 valence electrons. The van der Waals surface area contributed by atoms with Gasteiger partial charge in [0.05, 0.1) is 0 Å². The molecule has 1 fully saturated rings. The van der Waals surface area contributed by atoms with Gasteiger partial charge in [-0.1, -0.05) is 133 Å². The van der Waals surface area contributed by atoms with E-state index in [0.717, 1.165) is 25.7 Å². The van der Waals surface area contributed by atoms with Crippen LogP contribution in [0.3, 0.4) is 0 Å². The molecule has 0 spiro atoms. The van der Waals surface area contributed by atoms with Crippen molar-refractivity contribution in [2.45, 2.75) is 37.9 Å². The molecule has 4 heteroatoms. The summed E-state index contributed by atoms with van der Waals surface area (Å²) in [5.74, 6) is 0. The Bertz CT molecular complexity index is 1130. The van der Waals surface area contributed by atoms with Gasteiger partial charge in [0.15, 0.2) is 0 Å². The summed E-state index contributed by atoms with van der Waals surface area (Å²) in [7, 11) is -5.27. The van der Waals surface area contributed by atoms with Crippen LogP contribution in [-0.4, -0.2) is 28.8 Å². The first-order chi connectivity index (χ1) is 18.7. The second-order valence-electron chi connectivity index (χ2n) is 9.99. The number of hydrogen-bond donors (Lipinski definition) is 0. The third-order valence-electron chi connectivity index (χ3n) is 7.67. The Morgan fingerprint density at radius 1 is 0.500 bits per heavy atom. The first-order valence-electron chi connectivity index (χ1n) is 13.5. The predicted octanol–water partition coefficient (Wildman–Crippen LogP) is 5.30. The molecule has 2 atom stereocenters. The number of benzene rings is 4. The van der Waals surface area contributed by atoms with Crippen LogP contribution in [0.2, 0.25) is 0 Å². The third-order valence-corrected chi connectivity index (χ3v) is 15.0. The molecule has 0 bridgehead atoms. The maximum Gasteiger partial charge on any atom is 0.280 e. The van der Waals surface area contributed by atoms with Crippen molar-refractivity contribution in [1.29, 1.82) is 0 Å². The van der Waals surface area contributed by atoms with Gasteiger partial charge in [0, 0.05) is 12.2 Å². The van der Waals surface area contributed by atoms with Crippen molar-refractivity contribution in [1.82, 2.24) is 0 Å². The van der Waals surface area contributed by atoms with E-state index in [9.17, 15) is 0 Å². The van der Waals surface area contributed by atoms with E-state index in [2.05, 4.69) is 146 Å². The normalized spacial score (nSPS) is 18.0. The van der Waals surface area contributed by atoms with E-state index in [1.54, 1.807) is 0 Å². The van der Waals surface area contributed by atoms with Gasteiger partial charge in [0.25, 0.3) is 16.6 Å². The fourth-order valence-corrected chi connectivity index (χ4v) is 12.3. The Balaban J connectivity index is 1.45. The predicted molar refractivity (Wildman–Crippen MR) is 164 cm³/mol. The second kappa shape index (κ2) is 12.1. The molecule has 38 heavy (non-hydrogen) atoms. The van der Waals surface area contributed by atoms with E-state index < -0.39 is 16.6 Å². The van der Waals surface area contributed by atoms with Crippen LogP contribution in [0.15, 0.2) is 146 Å². The molecular weight excluding hydrogens is 497 g/mol. The molecule has 2 nitrogen and oxygen atoms in total. The van der Waals surface area contributed by atoms with Gasteiger partial charge in [-0.2, -0.15) is 0 Å². The average molecular weight is 533 g/mol. The molecule has 1 saturated carbocycles. The highest BCUT2D eigenvalue weighted by atomic mass is 28.4. The minimum Gasteiger partial charge on any atom is -0.401 e. The smallest absolute Gasteiger partial charge is 0.280 e. The van der Waals surface area contributed by atoms with Gasteiger partial charge in [0.2, 0.25) is 0 Å². The van der Waals surface area contributed by atoms with Gasteiger partial charge in [-0.25, -0.2) is 0 Å².